The fraction of sp³-hybridized carbons (Fsp3) is 0.500. The van der Waals surface area contributed by atoms with E-state index in [1.54, 1.807) is 11.3 Å². The molecule has 0 saturated heterocycles. The summed E-state index contributed by atoms with van der Waals surface area (Å²) in [5.74, 6) is 0.969. The first-order valence-electron chi connectivity index (χ1n) is 3.87. The van der Waals surface area contributed by atoms with Gasteiger partial charge in [0.05, 0.1) is 4.34 Å². The van der Waals surface area contributed by atoms with Gasteiger partial charge >= 0.3 is 0 Å². The van der Waals surface area contributed by atoms with Gasteiger partial charge in [-0.3, -0.25) is 0 Å². The fourth-order valence-corrected chi connectivity index (χ4v) is 2.38. The maximum absolute atomic E-state index is 5.99. The molecule has 74 valence electrons. The van der Waals surface area contributed by atoms with E-state index in [0.717, 1.165) is 28.7 Å². The zero-order valence-electron chi connectivity index (χ0n) is 7.17. The third-order valence-electron chi connectivity index (χ3n) is 2.10. The molecule has 2 nitrogen and oxygen atoms in total. The molecule has 1 aromatic heterocycles. The standard InChI is InChI=1S/C8H10ClNOS.ClH/c1-10-5-2-6-7(11-3-5)4-12-8(6)9;/h4-5,10H,2-3H2,1H3;1H. The average Bonchev–Trinajstić information content (AvgIpc) is 2.47. The van der Waals surface area contributed by atoms with Crippen LogP contribution in [0.5, 0.6) is 5.75 Å². The van der Waals surface area contributed by atoms with Crippen LogP contribution in [0.2, 0.25) is 4.34 Å². The van der Waals surface area contributed by atoms with Crippen LogP contribution in [-0.4, -0.2) is 19.7 Å². The average molecular weight is 240 g/mol. The van der Waals surface area contributed by atoms with E-state index in [1.165, 1.54) is 0 Å². The highest BCUT2D eigenvalue weighted by Gasteiger charge is 2.21. The summed E-state index contributed by atoms with van der Waals surface area (Å²) in [5.41, 5.74) is 1.16. The van der Waals surface area contributed by atoms with Crippen LogP contribution in [0.4, 0.5) is 0 Å². The SMILES string of the molecule is CNC1COc2csc(Cl)c2C1.Cl. The Balaban J connectivity index is 0.000000845. The highest BCUT2D eigenvalue weighted by Crippen LogP contribution is 2.36. The number of fused-ring (bicyclic) bond motifs is 1. The largest absolute Gasteiger partial charge is 0.491 e. The van der Waals surface area contributed by atoms with Crippen molar-refractivity contribution >= 4 is 35.3 Å². The Hall–Kier alpha value is 0.0400. The summed E-state index contributed by atoms with van der Waals surface area (Å²) < 4.78 is 6.38. The van der Waals surface area contributed by atoms with E-state index in [-0.39, 0.29) is 12.4 Å². The van der Waals surface area contributed by atoms with Crippen LogP contribution < -0.4 is 10.1 Å². The molecule has 1 N–H and O–H groups in total. The van der Waals surface area contributed by atoms with E-state index in [0.29, 0.717) is 6.04 Å². The van der Waals surface area contributed by atoms with Crippen molar-refractivity contribution in [2.24, 2.45) is 0 Å². The van der Waals surface area contributed by atoms with Crippen molar-refractivity contribution in [3.63, 3.8) is 0 Å². The van der Waals surface area contributed by atoms with E-state index < -0.39 is 0 Å². The molecule has 1 unspecified atom stereocenters. The lowest BCUT2D eigenvalue weighted by molar-refractivity contribution is 0.247. The van der Waals surface area contributed by atoms with Crippen LogP contribution in [0.3, 0.4) is 0 Å². The topological polar surface area (TPSA) is 21.3 Å². The Labute approximate surface area is 92.6 Å². The Kier molecular flexibility index (Phi) is 3.86. The number of nitrogens with one attached hydrogen (secondary N) is 1. The summed E-state index contributed by atoms with van der Waals surface area (Å²) in [6.45, 7) is 0.747. The molecule has 1 aliphatic rings. The van der Waals surface area contributed by atoms with Gasteiger partial charge in [-0.2, -0.15) is 0 Å². The quantitative estimate of drug-likeness (QED) is 0.813. The minimum atomic E-state index is 0. The molecular weight excluding hydrogens is 229 g/mol. The highest BCUT2D eigenvalue weighted by atomic mass is 35.5. The molecule has 0 amide bonds. The van der Waals surface area contributed by atoms with Gasteiger partial charge in [-0.05, 0) is 13.5 Å². The summed E-state index contributed by atoms with van der Waals surface area (Å²) in [5, 5.41) is 5.16. The van der Waals surface area contributed by atoms with E-state index in [2.05, 4.69) is 5.32 Å². The summed E-state index contributed by atoms with van der Waals surface area (Å²) in [7, 11) is 1.94. The van der Waals surface area contributed by atoms with E-state index in [4.69, 9.17) is 16.3 Å². The molecule has 0 saturated carbocycles. The van der Waals surface area contributed by atoms with E-state index >= 15 is 0 Å². The molecular formula is C8H11Cl2NOS. The van der Waals surface area contributed by atoms with Gasteiger partial charge in [-0.1, -0.05) is 11.6 Å². The monoisotopic (exact) mass is 239 g/mol. The Morgan fingerprint density at radius 3 is 3.15 bits per heavy atom. The lowest BCUT2D eigenvalue weighted by Crippen LogP contribution is -2.36. The molecule has 1 aliphatic heterocycles. The van der Waals surface area contributed by atoms with Gasteiger partial charge < -0.3 is 10.1 Å². The lowest BCUT2D eigenvalue weighted by Gasteiger charge is -2.22. The molecule has 5 heteroatoms. The first-order chi connectivity index (χ1) is 5.81. The first-order valence-corrected chi connectivity index (χ1v) is 5.13. The van der Waals surface area contributed by atoms with Gasteiger partial charge in [0.25, 0.3) is 0 Å². The zero-order chi connectivity index (χ0) is 8.55. The van der Waals surface area contributed by atoms with Gasteiger partial charge in [0.15, 0.2) is 0 Å². The number of likely N-dealkylation sites (N-methyl/N-ethyl adjacent to an activating group) is 1. The Morgan fingerprint density at radius 1 is 1.69 bits per heavy atom. The van der Waals surface area contributed by atoms with Crippen LogP contribution in [0.15, 0.2) is 5.38 Å². The molecule has 0 fully saturated rings. The predicted octanol–water partition coefficient (Wildman–Crippen LogP) is 2.35. The molecule has 0 aliphatic carbocycles. The number of ether oxygens (including phenoxy) is 1. The zero-order valence-corrected chi connectivity index (χ0v) is 9.56. The summed E-state index contributed by atoms with van der Waals surface area (Å²) in [4.78, 5) is 0. The second kappa shape index (κ2) is 4.51. The van der Waals surface area contributed by atoms with E-state index in [9.17, 15) is 0 Å². The number of hydrogen-bond donors (Lipinski definition) is 1. The van der Waals surface area contributed by atoms with Crippen LogP contribution in [-0.2, 0) is 6.42 Å². The van der Waals surface area contributed by atoms with Gasteiger partial charge in [0.1, 0.15) is 12.4 Å². The van der Waals surface area contributed by atoms with Gasteiger partial charge in [-0.15, -0.1) is 23.7 Å². The third kappa shape index (κ3) is 2.10. The summed E-state index contributed by atoms with van der Waals surface area (Å²) >= 11 is 7.54. The second-order valence-electron chi connectivity index (χ2n) is 2.85. The smallest absolute Gasteiger partial charge is 0.134 e. The van der Waals surface area contributed by atoms with Crippen molar-refractivity contribution in [3.8, 4) is 5.75 Å². The summed E-state index contributed by atoms with van der Waals surface area (Å²) in [6.07, 6.45) is 0.980. The third-order valence-corrected chi connectivity index (χ3v) is 3.38. The fourth-order valence-electron chi connectivity index (χ4n) is 1.33. The molecule has 0 radical (unpaired) electrons. The lowest BCUT2D eigenvalue weighted by atomic mass is 10.1. The minimum absolute atomic E-state index is 0. The van der Waals surface area contributed by atoms with Crippen LogP contribution >= 0.6 is 35.3 Å². The van der Waals surface area contributed by atoms with Crippen molar-refractivity contribution in [1.29, 1.82) is 0 Å². The van der Waals surface area contributed by atoms with Crippen molar-refractivity contribution in [1.82, 2.24) is 5.32 Å². The molecule has 0 spiro atoms. The predicted molar refractivity (Wildman–Crippen MR) is 58.6 cm³/mol. The number of halogens is 2. The Morgan fingerprint density at radius 2 is 2.46 bits per heavy atom. The molecule has 2 rings (SSSR count). The van der Waals surface area contributed by atoms with Crippen molar-refractivity contribution in [2.75, 3.05) is 13.7 Å². The maximum Gasteiger partial charge on any atom is 0.134 e. The van der Waals surface area contributed by atoms with Crippen molar-refractivity contribution < 1.29 is 4.74 Å². The number of hydrogen-bond acceptors (Lipinski definition) is 3. The van der Waals surface area contributed by atoms with Gasteiger partial charge in [-0.25, -0.2) is 0 Å². The first kappa shape index (κ1) is 11.1. The summed E-state index contributed by atoms with van der Waals surface area (Å²) in [6, 6.07) is 0.407. The molecule has 0 aromatic carbocycles. The molecule has 13 heavy (non-hydrogen) atoms. The van der Waals surface area contributed by atoms with Crippen LogP contribution in [0.25, 0.3) is 0 Å². The Bertz CT molecular complexity index is 290. The van der Waals surface area contributed by atoms with Crippen molar-refractivity contribution in [3.05, 3.63) is 15.3 Å². The molecule has 1 aromatic rings. The van der Waals surface area contributed by atoms with Crippen LogP contribution in [0.1, 0.15) is 5.56 Å². The second-order valence-corrected chi connectivity index (χ2v) is 4.33. The molecule has 1 atom stereocenters. The van der Waals surface area contributed by atoms with Gasteiger partial charge in [0, 0.05) is 17.0 Å². The normalized spacial score (nSPS) is 20.0. The highest BCUT2D eigenvalue weighted by molar-refractivity contribution is 7.14. The maximum atomic E-state index is 5.99. The number of thiophene rings is 1. The molecule has 0 bridgehead atoms. The van der Waals surface area contributed by atoms with Crippen molar-refractivity contribution in [2.45, 2.75) is 12.5 Å². The van der Waals surface area contributed by atoms with Gasteiger partial charge in [0.2, 0.25) is 0 Å². The van der Waals surface area contributed by atoms with E-state index in [1.807, 2.05) is 12.4 Å². The molecule has 2 heterocycles. The number of rotatable bonds is 1. The minimum Gasteiger partial charge on any atom is -0.491 e. The van der Waals surface area contributed by atoms with Crippen LogP contribution in [0, 0.1) is 0 Å².